The molecule has 0 nitrogen and oxygen atoms in total. The molecule has 0 saturated carbocycles. The number of halogens is 1. The average Bonchev–Trinajstić information content (AvgIpc) is 2.30. The van der Waals surface area contributed by atoms with Crippen LogP contribution in [0.15, 0.2) is 60.7 Å². The van der Waals surface area contributed by atoms with Crippen LogP contribution in [-0.2, 0) is 14.6 Å². The van der Waals surface area contributed by atoms with Crippen LogP contribution in [0, 0.1) is 0 Å². The molecule has 2 heteroatoms. The van der Waals surface area contributed by atoms with Gasteiger partial charge in [-0.2, -0.15) is 0 Å². The fourth-order valence-electron chi connectivity index (χ4n) is 1.08. The van der Waals surface area contributed by atoms with E-state index in [0.717, 1.165) is 0 Å². The molecule has 0 spiro atoms. The predicted molar refractivity (Wildman–Crippen MR) is 66.2 cm³/mol. The summed E-state index contributed by atoms with van der Waals surface area (Å²) in [7, 11) is 0. The van der Waals surface area contributed by atoms with Gasteiger partial charge in [0.1, 0.15) is 0 Å². The van der Waals surface area contributed by atoms with E-state index in [9.17, 15) is 0 Å². The number of benzene rings is 2. The Hall–Kier alpha value is -0.0897. The molecule has 14 heavy (non-hydrogen) atoms. The number of hydrogen-bond acceptors (Lipinski definition) is 0. The van der Waals surface area contributed by atoms with Gasteiger partial charge in [-0.05, 0) is 0 Å². The summed E-state index contributed by atoms with van der Waals surface area (Å²) in [5.74, 6) is 0. The SMILES string of the molecule is [I][Ag]([c]1ccccc1)[c]1ccccc1. The third kappa shape index (κ3) is 2.48. The van der Waals surface area contributed by atoms with Crippen molar-refractivity contribution in [3.8, 4) is 0 Å². The summed E-state index contributed by atoms with van der Waals surface area (Å²) in [5, 5.41) is 0. The summed E-state index contributed by atoms with van der Waals surface area (Å²) in [4.78, 5) is 0. The first-order valence-corrected chi connectivity index (χ1v) is 10.1. The monoisotopic (exact) mass is 388 g/mol. The second-order valence-electron chi connectivity index (χ2n) is 2.69. The van der Waals surface area contributed by atoms with Crippen LogP contribution >= 0.6 is 19.0 Å². The first-order chi connectivity index (χ1) is 6.88. The van der Waals surface area contributed by atoms with E-state index in [-0.39, 0.29) is 0 Å². The van der Waals surface area contributed by atoms with Gasteiger partial charge in [0.05, 0.1) is 0 Å². The fraction of sp³-hybridized carbons (Fsp3) is 0. The molecule has 2 rings (SSSR count). The van der Waals surface area contributed by atoms with E-state index >= 15 is 0 Å². The summed E-state index contributed by atoms with van der Waals surface area (Å²) in [6, 6.07) is 21.5. The summed E-state index contributed by atoms with van der Waals surface area (Å²) in [5.41, 5.74) is 0. The van der Waals surface area contributed by atoms with Crippen LogP contribution in [0.1, 0.15) is 0 Å². The van der Waals surface area contributed by atoms with Crippen molar-refractivity contribution in [2.75, 3.05) is 0 Å². The third-order valence-electron chi connectivity index (χ3n) is 1.72. The van der Waals surface area contributed by atoms with Crippen molar-refractivity contribution >= 4 is 26.6 Å². The second kappa shape index (κ2) is 5.12. The Bertz CT molecular complexity index is 346. The molecule has 0 aliphatic carbocycles. The van der Waals surface area contributed by atoms with Gasteiger partial charge >= 0.3 is 102 Å². The van der Waals surface area contributed by atoms with Gasteiger partial charge in [0.15, 0.2) is 0 Å². The average molecular weight is 389 g/mol. The predicted octanol–water partition coefficient (Wildman–Crippen LogP) is 2.61. The van der Waals surface area contributed by atoms with Crippen molar-refractivity contribution in [2.24, 2.45) is 0 Å². The number of rotatable bonds is 2. The van der Waals surface area contributed by atoms with E-state index < -0.39 is 14.6 Å². The van der Waals surface area contributed by atoms with Crippen molar-refractivity contribution in [2.45, 2.75) is 0 Å². The Morgan fingerprint density at radius 1 is 0.643 bits per heavy atom. The zero-order chi connectivity index (χ0) is 9.80. The van der Waals surface area contributed by atoms with Crippen LogP contribution in [0.2, 0.25) is 0 Å². The quantitative estimate of drug-likeness (QED) is 0.548. The summed E-state index contributed by atoms with van der Waals surface area (Å²) in [6.07, 6.45) is 0. The molecule has 76 valence electrons. The van der Waals surface area contributed by atoms with Gasteiger partial charge in [-0.15, -0.1) is 0 Å². The maximum atomic E-state index is 2.58. The van der Waals surface area contributed by atoms with E-state index in [2.05, 4.69) is 79.7 Å². The molecule has 0 radical (unpaired) electrons. The summed E-state index contributed by atoms with van der Waals surface area (Å²) < 4.78 is 2.93. The van der Waals surface area contributed by atoms with Gasteiger partial charge in [0, 0.05) is 0 Å². The molecule has 0 aliphatic heterocycles. The number of hydrogen-bond donors (Lipinski definition) is 0. The Kier molecular flexibility index (Phi) is 3.81. The molecule has 0 atom stereocenters. The Labute approximate surface area is 101 Å². The summed E-state index contributed by atoms with van der Waals surface area (Å²) in [6.45, 7) is 0. The molecular weight excluding hydrogens is 379 g/mol. The zero-order valence-corrected chi connectivity index (χ0v) is 11.1. The normalized spacial score (nSPS) is 11.1. The minimum atomic E-state index is -0.590. The standard InChI is InChI=1S/2C6H5.Ag.HI/c2*1-2-4-6-5-3-1;;/h2*1-5H;;1H/q;;+1;/p-1. The molecule has 0 amide bonds. The Balaban J connectivity index is 2.30. The molecular formula is C12H10AgI. The van der Waals surface area contributed by atoms with Crippen LogP contribution < -0.4 is 7.56 Å². The molecule has 2 aromatic carbocycles. The van der Waals surface area contributed by atoms with E-state index in [1.807, 2.05) is 0 Å². The molecule has 0 N–H and O–H groups in total. The van der Waals surface area contributed by atoms with Gasteiger partial charge in [-0.1, -0.05) is 0 Å². The van der Waals surface area contributed by atoms with Crippen LogP contribution in [0.5, 0.6) is 0 Å². The molecule has 0 aromatic heterocycles. The van der Waals surface area contributed by atoms with Gasteiger partial charge in [-0.25, -0.2) is 0 Å². The van der Waals surface area contributed by atoms with Crippen LogP contribution in [0.25, 0.3) is 0 Å². The van der Waals surface area contributed by atoms with E-state index in [1.54, 1.807) is 0 Å². The van der Waals surface area contributed by atoms with Gasteiger partial charge in [0.2, 0.25) is 0 Å². The molecule has 0 unspecified atom stereocenters. The fourth-order valence-corrected chi connectivity index (χ4v) is 5.57. The van der Waals surface area contributed by atoms with Gasteiger partial charge < -0.3 is 0 Å². The minimum absolute atomic E-state index is 0.590. The van der Waals surface area contributed by atoms with Crippen LogP contribution in [0.4, 0.5) is 0 Å². The molecule has 0 saturated heterocycles. The Morgan fingerprint density at radius 3 is 1.36 bits per heavy atom. The summed E-state index contributed by atoms with van der Waals surface area (Å²) >= 11 is 1.99. The maximum absolute atomic E-state index is 2.58. The Morgan fingerprint density at radius 2 is 1.00 bits per heavy atom. The van der Waals surface area contributed by atoms with Crippen molar-refractivity contribution in [1.82, 2.24) is 0 Å². The molecule has 0 fully saturated rings. The van der Waals surface area contributed by atoms with E-state index in [1.165, 1.54) is 7.56 Å². The molecule has 0 aliphatic rings. The first kappa shape index (κ1) is 10.4. The van der Waals surface area contributed by atoms with Gasteiger partial charge in [-0.3, -0.25) is 0 Å². The van der Waals surface area contributed by atoms with Crippen molar-refractivity contribution in [1.29, 1.82) is 0 Å². The second-order valence-corrected chi connectivity index (χ2v) is 9.18. The molecule has 2 aromatic rings. The van der Waals surface area contributed by atoms with E-state index in [4.69, 9.17) is 0 Å². The third-order valence-corrected chi connectivity index (χ3v) is 8.66. The van der Waals surface area contributed by atoms with Crippen molar-refractivity contribution in [3.63, 3.8) is 0 Å². The van der Waals surface area contributed by atoms with Crippen molar-refractivity contribution < 1.29 is 14.6 Å². The van der Waals surface area contributed by atoms with Crippen molar-refractivity contribution in [3.05, 3.63) is 60.7 Å². The van der Waals surface area contributed by atoms with Gasteiger partial charge in [0.25, 0.3) is 0 Å². The first-order valence-electron chi connectivity index (χ1n) is 4.24. The van der Waals surface area contributed by atoms with Crippen LogP contribution in [-0.4, -0.2) is 0 Å². The topological polar surface area (TPSA) is 0 Å². The molecule has 0 heterocycles. The molecule has 0 bridgehead atoms. The van der Waals surface area contributed by atoms with Crippen LogP contribution in [0.3, 0.4) is 0 Å². The van der Waals surface area contributed by atoms with E-state index in [0.29, 0.717) is 0 Å². The zero-order valence-electron chi connectivity index (χ0n) is 7.45.